The number of carbonyl (C=O) groups excluding carboxylic acids is 1. The van der Waals surface area contributed by atoms with Crippen LogP contribution >= 0.6 is 0 Å². The van der Waals surface area contributed by atoms with Gasteiger partial charge in [0.25, 0.3) is 0 Å². The van der Waals surface area contributed by atoms with Crippen LogP contribution in [0.15, 0.2) is 35.1 Å². The molecule has 0 aliphatic rings. The largest absolute Gasteiger partial charge is 0.481 e. The minimum absolute atomic E-state index is 0.103. The molecule has 0 bridgehead atoms. The normalized spacial score (nSPS) is 11.1. The van der Waals surface area contributed by atoms with E-state index in [0.717, 1.165) is 5.56 Å². The lowest BCUT2D eigenvalue weighted by atomic mass is 9.89. The van der Waals surface area contributed by atoms with Crippen molar-refractivity contribution in [3.63, 3.8) is 0 Å². The van der Waals surface area contributed by atoms with Crippen molar-refractivity contribution in [1.82, 2.24) is 10.2 Å². The second-order valence-electron chi connectivity index (χ2n) is 5.24. The molecule has 0 atom stereocenters. The van der Waals surface area contributed by atoms with Crippen LogP contribution in [0.1, 0.15) is 20.3 Å². The van der Waals surface area contributed by atoms with Gasteiger partial charge in [0.05, 0.1) is 5.41 Å². The number of carboxylic acids is 1. The van der Waals surface area contributed by atoms with Gasteiger partial charge in [0.15, 0.2) is 0 Å². The van der Waals surface area contributed by atoms with Crippen molar-refractivity contribution in [1.29, 1.82) is 0 Å². The number of carboxylic acid groups (broad SMARTS) is 1. The van der Waals surface area contributed by atoms with Crippen LogP contribution in [0.3, 0.4) is 0 Å². The fraction of sp³-hybridized carbons (Fsp3) is 0.286. The molecule has 21 heavy (non-hydrogen) atoms. The molecule has 1 amide bonds. The molecule has 0 aliphatic heterocycles. The number of hydrogen-bond donors (Lipinski definition) is 2. The fourth-order valence-electron chi connectivity index (χ4n) is 1.68. The number of nitrogens with one attached hydrogen (secondary N) is 1. The van der Waals surface area contributed by atoms with Gasteiger partial charge in [-0.05, 0) is 38.1 Å². The predicted molar refractivity (Wildman–Crippen MR) is 74.4 cm³/mol. The van der Waals surface area contributed by atoms with E-state index in [9.17, 15) is 9.59 Å². The summed E-state index contributed by atoms with van der Waals surface area (Å²) in [6.07, 6.45) is 1.13. The third-order valence-electron chi connectivity index (χ3n) is 2.96. The summed E-state index contributed by atoms with van der Waals surface area (Å²) < 4.78 is 5.06. The molecule has 2 aromatic rings. The van der Waals surface area contributed by atoms with Gasteiger partial charge in [-0.3, -0.25) is 9.59 Å². The second-order valence-corrected chi connectivity index (χ2v) is 5.24. The van der Waals surface area contributed by atoms with Gasteiger partial charge in [-0.1, -0.05) is 0 Å². The molecule has 0 saturated carbocycles. The van der Waals surface area contributed by atoms with Crippen LogP contribution in [-0.2, 0) is 9.59 Å². The fourth-order valence-corrected chi connectivity index (χ4v) is 1.68. The molecule has 0 unspecified atom stereocenters. The first-order chi connectivity index (χ1) is 9.88. The number of amides is 1. The van der Waals surface area contributed by atoms with E-state index < -0.39 is 11.4 Å². The summed E-state index contributed by atoms with van der Waals surface area (Å²) in [6.45, 7) is 3.02. The molecule has 0 saturated heterocycles. The average Bonchev–Trinajstić information content (AvgIpc) is 2.92. The maximum absolute atomic E-state index is 11.8. The maximum Gasteiger partial charge on any atom is 0.309 e. The van der Waals surface area contributed by atoms with Crippen LogP contribution in [0, 0.1) is 5.41 Å². The third-order valence-corrected chi connectivity index (χ3v) is 2.96. The van der Waals surface area contributed by atoms with Crippen molar-refractivity contribution >= 4 is 17.6 Å². The van der Waals surface area contributed by atoms with Crippen molar-refractivity contribution in [3.05, 3.63) is 30.7 Å². The minimum atomic E-state index is -1.10. The second kappa shape index (κ2) is 5.74. The van der Waals surface area contributed by atoms with Crippen molar-refractivity contribution < 1.29 is 19.1 Å². The highest BCUT2D eigenvalue weighted by atomic mass is 16.4. The van der Waals surface area contributed by atoms with Gasteiger partial charge < -0.3 is 14.8 Å². The van der Waals surface area contributed by atoms with Crippen molar-refractivity contribution in [2.24, 2.45) is 5.41 Å². The van der Waals surface area contributed by atoms with E-state index in [4.69, 9.17) is 9.52 Å². The smallest absolute Gasteiger partial charge is 0.309 e. The monoisotopic (exact) mass is 289 g/mol. The number of benzene rings is 1. The molecule has 1 aromatic carbocycles. The minimum Gasteiger partial charge on any atom is -0.481 e. The van der Waals surface area contributed by atoms with Gasteiger partial charge in [-0.15, -0.1) is 10.2 Å². The highest BCUT2D eigenvalue weighted by Gasteiger charge is 2.30. The summed E-state index contributed by atoms with van der Waals surface area (Å²) in [5.41, 5.74) is 0.203. The van der Waals surface area contributed by atoms with Crippen LogP contribution in [0.4, 0.5) is 5.69 Å². The molecule has 7 nitrogen and oxygen atoms in total. The summed E-state index contributed by atoms with van der Waals surface area (Å²) in [5, 5.41) is 19.0. The lowest BCUT2D eigenvalue weighted by Gasteiger charge is -2.18. The lowest BCUT2D eigenvalue weighted by molar-refractivity contribution is -0.148. The Bertz CT molecular complexity index is 633. The Morgan fingerprint density at radius 1 is 1.29 bits per heavy atom. The molecular formula is C14H15N3O4. The van der Waals surface area contributed by atoms with E-state index in [1.807, 2.05) is 0 Å². The van der Waals surface area contributed by atoms with E-state index in [1.165, 1.54) is 20.2 Å². The summed E-state index contributed by atoms with van der Waals surface area (Å²) in [4.78, 5) is 22.8. The highest BCUT2D eigenvalue weighted by Crippen LogP contribution is 2.22. The zero-order valence-electron chi connectivity index (χ0n) is 11.7. The van der Waals surface area contributed by atoms with E-state index >= 15 is 0 Å². The van der Waals surface area contributed by atoms with Gasteiger partial charge >= 0.3 is 5.97 Å². The molecular weight excluding hydrogens is 274 g/mol. The molecule has 0 radical (unpaired) electrons. The van der Waals surface area contributed by atoms with Gasteiger partial charge in [-0.25, -0.2) is 0 Å². The molecule has 7 heteroatoms. The Hall–Kier alpha value is -2.70. The molecule has 1 heterocycles. The first-order valence-electron chi connectivity index (χ1n) is 6.28. The van der Waals surface area contributed by atoms with Crippen LogP contribution < -0.4 is 5.32 Å². The summed E-state index contributed by atoms with van der Waals surface area (Å²) >= 11 is 0. The van der Waals surface area contributed by atoms with Crippen LogP contribution in [0.25, 0.3) is 11.5 Å². The van der Waals surface area contributed by atoms with Crippen LogP contribution in [0.5, 0.6) is 0 Å². The average molecular weight is 289 g/mol. The number of anilines is 1. The Morgan fingerprint density at radius 3 is 2.48 bits per heavy atom. The van der Waals surface area contributed by atoms with Crippen molar-refractivity contribution in [3.8, 4) is 11.5 Å². The molecule has 0 aliphatic carbocycles. The van der Waals surface area contributed by atoms with E-state index in [2.05, 4.69) is 15.5 Å². The quantitative estimate of drug-likeness (QED) is 0.874. The molecule has 0 fully saturated rings. The number of nitrogens with zero attached hydrogens (tertiary/aromatic N) is 2. The zero-order chi connectivity index (χ0) is 15.5. The molecule has 2 N–H and O–H groups in total. The van der Waals surface area contributed by atoms with E-state index in [1.54, 1.807) is 24.3 Å². The third kappa shape index (κ3) is 3.65. The van der Waals surface area contributed by atoms with Crippen molar-refractivity contribution in [2.45, 2.75) is 20.3 Å². The first-order valence-corrected chi connectivity index (χ1v) is 6.28. The molecule has 110 valence electrons. The van der Waals surface area contributed by atoms with E-state index in [0.29, 0.717) is 11.6 Å². The van der Waals surface area contributed by atoms with E-state index in [-0.39, 0.29) is 12.3 Å². The number of aromatic nitrogens is 2. The first kappa shape index (κ1) is 14.7. The highest BCUT2D eigenvalue weighted by molar-refractivity contribution is 5.94. The molecule has 1 aromatic heterocycles. The van der Waals surface area contributed by atoms with Gasteiger partial charge in [-0.2, -0.15) is 0 Å². The topological polar surface area (TPSA) is 105 Å². The Morgan fingerprint density at radius 2 is 1.95 bits per heavy atom. The zero-order valence-corrected chi connectivity index (χ0v) is 11.7. The Labute approximate surface area is 121 Å². The lowest BCUT2D eigenvalue weighted by Crippen LogP contribution is -2.29. The van der Waals surface area contributed by atoms with Crippen LogP contribution in [0.2, 0.25) is 0 Å². The summed E-state index contributed by atoms with van der Waals surface area (Å²) in [6, 6.07) is 6.83. The van der Waals surface area contributed by atoms with Gasteiger partial charge in [0, 0.05) is 17.7 Å². The van der Waals surface area contributed by atoms with Crippen LogP contribution in [-0.4, -0.2) is 27.2 Å². The number of aliphatic carboxylic acids is 1. The molecule has 2 rings (SSSR count). The number of rotatable bonds is 5. The van der Waals surface area contributed by atoms with Gasteiger partial charge in [0.1, 0.15) is 0 Å². The number of carbonyl (C=O) groups is 2. The SMILES string of the molecule is CC(C)(CC(=O)Nc1ccc(-c2nnco2)cc1)C(=O)O. The Balaban J connectivity index is 2.01. The van der Waals surface area contributed by atoms with Crippen molar-refractivity contribution in [2.75, 3.05) is 5.32 Å². The summed E-state index contributed by atoms with van der Waals surface area (Å²) in [5.74, 6) is -0.975. The molecule has 0 spiro atoms. The Kier molecular flexibility index (Phi) is 4.02. The number of hydrogen-bond acceptors (Lipinski definition) is 5. The predicted octanol–water partition coefficient (Wildman–Crippen LogP) is 2.18. The standard InChI is InChI=1S/C14H15N3O4/c1-14(2,13(19)20)7-11(18)16-10-5-3-9(4-6-10)12-17-15-8-21-12/h3-6,8H,7H2,1-2H3,(H,16,18)(H,19,20). The van der Waals surface area contributed by atoms with Gasteiger partial charge in [0.2, 0.25) is 18.2 Å². The summed E-state index contributed by atoms with van der Waals surface area (Å²) in [7, 11) is 0. The maximum atomic E-state index is 11.8.